The van der Waals surface area contributed by atoms with Gasteiger partial charge in [-0.3, -0.25) is 14.5 Å². The molecule has 258 valence electrons. The minimum Gasteiger partial charge on any atom is -0.397 e. The third-order valence-corrected chi connectivity index (χ3v) is 8.91. The third-order valence-electron chi connectivity index (χ3n) is 8.91. The molecule has 5 rings (SSSR count). The summed E-state index contributed by atoms with van der Waals surface area (Å²) in [6.07, 6.45) is -0.384. The van der Waals surface area contributed by atoms with Gasteiger partial charge in [-0.15, -0.1) is 0 Å². The number of carbonyl (C=O) groups is 2. The number of nitrogens with one attached hydrogen (secondary N) is 2. The highest BCUT2D eigenvalue weighted by Crippen LogP contribution is 2.38. The molecule has 0 aliphatic carbocycles. The number of nitrogen functional groups attached to an aromatic ring is 1. The number of hydrogen-bond acceptors (Lipinski definition) is 8. The summed E-state index contributed by atoms with van der Waals surface area (Å²) in [7, 11) is 1.98. The number of carbonyl (C=O) groups excluding carboxylic acids is 2. The van der Waals surface area contributed by atoms with Gasteiger partial charge in [0, 0.05) is 43.1 Å². The maximum absolute atomic E-state index is 12.6. The minimum atomic E-state index is -0.661. The Labute approximate surface area is 287 Å². The molecule has 1 saturated heterocycles. The molecule has 1 aliphatic heterocycles. The van der Waals surface area contributed by atoms with Crippen molar-refractivity contribution in [3.8, 4) is 0 Å². The van der Waals surface area contributed by atoms with Crippen LogP contribution in [-0.4, -0.2) is 52.7 Å². The summed E-state index contributed by atoms with van der Waals surface area (Å²) in [6, 6.07) is 31.6. The van der Waals surface area contributed by atoms with E-state index < -0.39 is 12.4 Å². The van der Waals surface area contributed by atoms with Crippen molar-refractivity contribution < 1.29 is 29.3 Å². The number of aliphatic hydroxyl groups excluding tert-OH is 2. The summed E-state index contributed by atoms with van der Waals surface area (Å²) >= 11 is 0. The molecule has 4 aromatic rings. The lowest BCUT2D eigenvalue weighted by Gasteiger charge is -2.39. The molecular weight excluding hydrogens is 620 g/mol. The molecule has 0 bridgehead atoms. The fourth-order valence-electron chi connectivity index (χ4n) is 5.87. The zero-order valence-corrected chi connectivity index (χ0v) is 28.0. The molecular formula is C39H46N4O6. The van der Waals surface area contributed by atoms with Crippen LogP contribution in [0, 0.1) is 0 Å². The molecule has 4 aromatic carbocycles. The Morgan fingerprint density at radius 1 is 0.857 bits per heavy atom. The Bertz CT molecular complexity index is 1650. The van der Waals surface area contributed by atoms with E-state index in [9.17, 15) is 19.8 Å². The summed E-state index contributed by atoms with van der Waals surface area (Å²) in [5.74, 6) is -0.386. The molecule has 0 radical (unpaired) electrons. The first kappa shape index (κ1) is 35.7. The minimum absolute atomic E-state index is 0.0331. The number of amides is 2. The standard InChI is InChI=1S/C39H46N4O6/c1-26(38(47)29-9-4-3-5-10-29)43(2)24-32-23-35(28-17-15-27(25-44)16-18-28)49-39(48-32)30-19-21-31(22-20-30)41-36(45)13-8-14-37(46)42-34-12-7-6-11-33(34)40/h3-7,9-12,15-22,26,32,35,38-39,44,47H,8,13-14,23-25,40H2,1-2H3,(H,41,45)(H,42,46). The predicted octanol–water partition coefficient (Wildman–Crippen LogP) is 6.11. The zero-order valence-electron chi connectivity index (χ0n) is 28.0. The molecule has 5 atom stereocenters. The van der Waals surface area contributed by atoms with Gasteiger partial charge in [0.2, 0.25) is 11.8 Å². The van der Waals surface area contributed by atoms with Gasteiger partial charge in [0.25, 0.3) is 0 Å². The van der Waals surface area contributed by atoms with Crippen molar-refractivity contribution in [2.24, 2.45) is 0 Å². The molecule has 0 saturated carbocycles. The highest BCUT2D eigenvalue weighted by Gasteiger charge is 2.34. The number of nitrogens with two attached hydrogens (primary N) is 1. The smallest absolute Gasteiger partial charge is 0.224 e. The Morgan fingerprint density at radius 3 is 2.16 bits per heavy atom. The van der Waals surface area contributed by atoms with Gasteiger partial charge in [0.05, 0.1) is 36.3 Å². The average Bonchev–Trinajstić information content (AvgIpc) is 3.12. The number of para-hydroxylation sites is 2. The van der Waals surface area contributed by atoms with Crippen LogP contribution in [0.25, 0.3) is 0 Å². The molecule has 2 amide bonds. The summed E-state index contributed by atoms with van der Waals surface area (Å²) < 4.78 is 13.0. The lowest BCUT2D eigenvalue weighted by atomic mass is 9.98. The van der Waals surface area contributed by atoms with Crippen LogP contribution in [0.3, 0.4) is 0 Å². The van der Waals surface area contributed by atoms with Gasteiger partial charge in [-0.25, -0.2) is 0 Å². The lowest BCUT2D eigenvalue weighted by Crippen LogP contribution is -2.43. The van der Waals surface area contributed by atoms with Crippen LogP contribution in [0.1, 0.15) is 73.4 Å². The highest BCUT2D eigenvalue weighted by molar-refractivity contribution is 5.94. The summed E-state index contributed by atoms with van der Waals surface area (Å²) in [5, 5.41) is 26.2. The van der Waals surface area contributed by atoms with Crippen LogP contribution in [0.5, 0.6) is 0 Å². The van der Waals surface area contributed by atoms with E-state index in [1.807, 2.05) is 92.8 Å². The molecule has 0 spiro atoms. The van der Waals surface area contributed by atoms with Crippen molar-refractivity contribution in [1.29, 1.82) is 0 Å². The van der Waals surface area contributed by atoms with E-state index in [4.69, 9.17) is 15.2 Å². The largest absolute Gasteiger partial charge is 0.397 e. The predicted molar refractivity (Wildman–Crippen MR) is 190 cm³/mol. The Hall–Kier alpha value is -4.58. The van der Waals surface area contributed by atoms with Crippen molar-refractivity contribution in [2.45, 2.75) is 69.9 Å². The molecule has 1 heterocycles. The Kier molecular flexibility index (Phi) is 12.5. The number of likely N-dealkylation sites (N-methyl/N-ethyl adjacent to an activating group) is 1. The van der Waals surface area contributed by atoms with Gasteiger partial charge in [0.15, 0.2) is 6.29 Å². The van der Waals surface area contributed by atoms with Crippen LogP contribution in [0.15, 0.2) is 103 Å². The normalized spacial score (nSPS) is 18.8. The van der Waals surface area contributed by atoms with Crippen LogP contribution >= 0.6 is 0 Å². The highest BCUT2D eigenvalue weighted by atomic mass is 16.7. The molecule has 5 unspecified atom stereocenters. The Morgan fingerprint density at radius 2 is 1.49 bits per heavy atom. The third kappa shape index (κ3) is 9.97. The SMILES string of the molecule is CC(C(O)c1ccccc1)N(C)CC1CC(c2ccc(CO)cc2)OC(c2ccc(NC(=O)CCCC(=O)Nc3ccccc3N)cc2)O1. The quantitative estimate of drug-likeness (QED) is 0.101. The maximum atomic E-state index is 12.6. The fourth-order valence-corrected chi connectivity index (χ4v) is 5.87. The molecule has 10 nitrogen and oxygen atoms in total. The van der Waals surface area contributed by atoms with Gasteiger partial charge < -0.3 is 36.1 Å². The summed E-state index contributed by atoms with van der Waals surface area (Å²) in [6.45, 7) is 2.54. The lowest BCUT2D eigenvalue weighted by molar-refractivity contribution is -0.253. The van der Waals surface area contributed by atoms with Crippen LogP contribution in [0.2, 0.25) is 0 Å². The number of rotatable bonds is 14. The van der Waals surface area contributed by atoms with Crippen molar-refractivity contribution in [1.82, 2.24) is 4.90 Å². The van der Waals surface area contributed by atoms with Gasteiger partial charge >= 0.3 is 0 Å². The average molecular weight is 667 g/mol. The van der Waals surface area contributed by atoms with E-state index >= 15 is 0 Å². The fraction of sp³-hybridized carbons (Fsp3) is 0.333. The van der Waals surface area contributed by atoms with Crippen LogP contribution in [0.4, 0.5) is 17.1 Å². The summed E-state index contributed by atoms with van der Waals surface area (Å²) in [5.41, 5.74) is 11.0. The van der Waals surface area contributed by atoms with E-state index in [1.54, 1.807) is 24.3 Å². The van der Waals surface area contributed by atoms with E-state index in [0.717, 1.165) is 22.3 Å². The Balaban J connectivity index is 1.19. The van der Waals surface area contributed by atoms with Crippen molar-refractivity contribution >= 4 is 28.9 Å². The van der Waals surface area contributed by atoms with Gasteiger partial charge in [-0.2, -0.15) is 0 Å². The second-order valence-corrected chi connectivity index (χ2v) is 12.5. The van der Waals surface area contributed by atoms with E-state index in [-0.39, 0.29) is 49.5 Å². The number of hydrogen-bond donors (Lipinski definition) is 5. The van der Waals surface area contributed by atoms with E-state index in [1.165, 1.54) is 0 Å². The molecule has 49 heavy (non-hydrogen) atoms. The van der Waals surface area contributed by atoms with E-state index in [2.05, 4.69) is 15.5 Å². The van der Waals surface area contributed by atoms with Gasteiger partial charge in [-0.05, 0) is 61.3 Å². The van der Waals surface area contributed by atoms with Gasteiger partial charge in [-0.1, -0.05) is 78.9 Å². The first-order valence-electron chi connectivity index (χ1n) is 16.7. The van der Waals surface area contributed by atoms with Crippen molar-refractivity contribution in [2.75, 3.05) is 30.0 Å². The maximum Gasteiger partial charge on any atom is 0.224 e. The molecule has 1 aliphatic rings. The molecule has 1 fully saturated rings. The number of ether oxygens (including phenoxy) is 2. The number of benzene rings is 4. The number of nitrogens with zero attached hydrogens (tertiary/aromatic N) is 1. The first-order valence-corrected chi connectivity index (χ1v) is 16.7. The number of anilines is 3. The number of aliphatic hydroxyl groups is 2. The summed E-state index contributed by atoms with van der Waals surface area (Å²) in [4.78, 5) is 27.0. The topological polar surface area (TPSA) is 146 Å². The molecule has 0 aromatic heterocycles. The van der Waals surface area contributed by atoms with E-state index in [0.29, 0.717) is 36.4 Å². The second-order valence-electron chi connectivity index (χ2n) is 12.5. The zero-order chi connectivity index (χ0) is 34.8. The van der Waals surface area contributed by atoms with Crippen molar-refractivity contribution in [3.63, 3.8) is 0 Å². The first-order chi connectivity index (χ1) is 23.7. The van der Waals surface area contributed by atoms with Crippen LogP contribution < -0.4 is 16.4 Å². The van der Waals surface area contributed by atoms with Crippen molar-refractivity contribution in [3.05, 3.63) is 125 Å². The monoisotopic (exact) mass is 666 g/mol. The molecule has 6 N–H and O–H groups in total. The van der Waals surface area contributed by atoms with Crippen LogP contribution in [-0.2, 0) is 25.7 Å². The van der Waals surface area contributed by atoms with Gasteiger partial charge in [0.1, 0.15) is 0 Å². The molecule has 10 heteroatoms. The second kappa shape index (κ2) is 17.2.